The molecule has 0 saturated carbocycles. The Labute approximate surface area is 261 Å². The Hall–Kier alpha value is -5.39. The lowest BCUT2D eigenvalue weighted by Gasteiger charge is -2.32. The second kappa shape index (κ2) is 10.7. The van der Waals surface area contributed by atoms with Crippen LogP contribution in [-0.2, 0) is 6.42 Å². The average molecular weight is 585 g/mol. The van der Waals surface area contributed by atoms with Gasteiger partial charge in [-0.25, -0.2) is 4.99 Å². The van der Waals surface area contributed by atoms with E-state index in [4.69, 9.17) is 9.41 Å². The van der Waals surface area contributed by atoms with Crippen molar-refractivity contribution in [3.05, 3.63) is 155 Å². The van der Waals surface area contributed by atoms with Crippen LogP contribution in [0.25, 0.3) is 44.5 Å². The second-order valence-corrected chi connectivity index (χ2v) is 11.9. The number of hydrogen-bond donors (Lipinski definition) is 2. The number of aromatic nitrogens is 1. The maximum absolute atomic E-state index is 6.42. The van der Waals surface area contributed by atoms with Crippen molar-refractivity contribution in [2.24, 2.45) is 4.99 Å². The van der Waals surface area contributed by atoms with Gasteiger partial charge in [-0.05, 0) is 66.4 Å². The molecule has 0 fully saturated rings. The molecular formula is C40H32N4O. The summed E-state index contributed by atoms with van der Waals surface area (Å²) in [4.78, 5) is 5.14. The minimum absolute atomic E-state index is 0.0672. The van der Waals surface area contributed by atoms with E-state index >= 15 is 0 Å². The van der Waals surface area contributed by atoms with Crippen LogP contribution in [0, 0.1) is 0 Å². The lowest BCUT2D eigenvalue weighted by Crippen LogP contribution is -2.44. The minimum atomic E-state index is -0.161. The SMILES string of the molecule is C1=Cc2c(oc3cc4c5ccccc5n(-c5ccc(C6=NC(c7ccccc7)NC(c7ccccc7)N6)cc5)c4cc23)CCC1. The Morgan fingerprint density at radius 1 is 0.711 bits per heavy atom. The second-order valence-electron chi connectivity index (χ2n) is 11.9. The molecule has 7 aromatic rings. The zero-order valence-electron chi connectivity index (χ0n) is 24.8. The number of nitrogens with one attached hydrogen (secondary N) is 2. The first-order valence-electron chi connectivity index (χ1n) is 15.8. The first-order valence-corrected chi connectivity index (χ1v) is 15.8. The molecule has 1 aliphatic carbocycles. The predicted molar refractivity (Wildman–Crippen MR) is 184 cm³/mol. The number of rotatable bonds is 4. The van der Waals surface area contributed by atoms with Crippen LogP contribution in [0.3, 0.4) is 0 Å². The molecule has 2 unspecified atom stereocenters. The quantitative estimate of drug-likeness (QED) is 0.217. The summed E-state index contributed by atoms with van der Waals surface area (Å²) < 4.78 is 8.80. The summed E-state index contributed by atoms with van der Waals surface area (Å²) in [5.41, 5.74) is 9.03. The van der Waals surface area contributed by atoms with Crippen LogP contribution in [0.4, 0.5) is 0 Å². The third-order valence-corrected chi connectivity index (χ3v) is 9.17. The van der Waals surface area contributed by atoms with E-state index in [9.17, 15) is 0 Å². The number of hydrogen-bond acceptors (Lipinski definition) is 4. The van der Waals surface area contributed by atoms with Gasteiger partial charge in [0.2, 0.25) is 0 Å². The molecule has 0 spiro atoms. The maximum atomic E-state index is 6.42. The number of nitrogens with zero attached hydrogens (tertiary/aromatic N) is 2. The van der Waals surface area contributed by atoms with Gasteiger partial charge in [0, 0.05) is 39.4 Å². The Kier molecular flexibility index (Phi) is 6.17. The molecule has 0 bridgehead atoms. The minimum Gasteiger partial charge on any atom is -0.460 e. The molecule has 5 nitrogen and oxygen atoms in total. The van der Waals surface area contributed by atoms with Gasteiger partial charge in [0.15, 0.2) is 0 Å². The predicted octanol–water partition coefficient (Wildman–Crippen LogP) is 9.22. The summed E-state index contributed by atoms with van der Waals surface area (Å²) in [6.07, 6.45) is 7.50. The van der Waals surface area contributed by atoms with Crippen molar-refractivity contribution >= 4 is 44.7 Å². The monoisotopic (exact) mass is 584 g/mol. The van der Waals surface area contributed by atoms with Gasteiger partial charge in [-0.1, -0.05) is 91.0 Å². The standard InChI is InChI=1S/C40H32N4O/c1-4-12-26(13-5-1)38-41-39(27-14-6-2-7-15-27)43-40(42-38)28-20-22-29(23-21-28)44-34-18-11-10-16-30(34)32-25-37-33(24-35(32)44)31-17-8-3-9-19-36(31)45-37/h1-2,4-8,10-18,20-25,38-39,41H,3,9,19H2,(H,42,43). The molecule has 45 heavy (non-hydrogen) atoms. The van der Waals surface area contributed by atoms with Crippen molar-refractivity contribution in [3.8, 4) is 5.69 Å². The van der Waals surface area contributed by atoms with Crippen molar-refractivity contribution in [2.45, 2.75) is 31.6 Å². The number of aryl methyl sites for hydroxylation is 1. The third-order valence-electron chi connectivity index (χ3n) is 9.17. The molecule has 5 heteroatoms. The van der Waals surface area contributed by atoms with Crippen LogP contribution in [0.15, 0.2) is 137 Å². The van der Waals surface area contributed by atoms with E-state index in [0.717, 1.165) is 53.3 Å². The molecule has 2 aromatic heterocycles. The highest BCUT2D eigenvalue weighted by Gasteiger charge is 2.25. The topological polar surface area (TPSA) is 54.5 Å². The smallest absolute Gasteiger partial charge is 0.135 e. The zero-order chi connectivity index (χ0) is 29.7. The number of para-hydroxylation sites is 1. The van der Waals surface area contributed by atoms with E-state index in [0.29, 0.717) is 0 Å². The van der Waals surface area contributed by atoms with Gasteiger partial charge in [0.1, 0.15) is 29.5 Å². The fourth-order valence-corrected chi connectivity index (χ4v) is 6.95. The molecule has 0 amide bonds. The van der Waals surface area contributed by atoms with Gasteiger partial charge in [0.05, 0.1) is 11.0 Å². The van der Waals surface area contributed by atoms with E-state index in [-0.39, 0.29) is 12.3 Å². The van der Waals surface area contributed by atoms with Gasteiger partial charge < -0.3 is 14.3 Å². The van der Waals surface area contributed by atoms with E-state index in [1.807, 2.05) is 12.1 Å². The molecule has 0 radical (unpaired) electrons. The van der Waals surface area contributed by atoms with Crippen LogP contribution in [0.5, 0.6) is 0 Å². The van der Waals surface area contributed by atoms with E-state index in [1.165, 1.54) is 38.3 Å². The van der Waals surface area contributed by atoms with E-state index in [2.05, 4.69) is 137 Å². The molecule has 2 atom stereocenters. The van der Waals surface area contributed by atoms with Crippen molar-refractivity contribution in [1.29, 1.82) is 0 Å². The van der Waals surface area contributed by atoms with E-state index in [1.54, 1.807) is 0 Å². The third kappa shape index (κ3) is 4.47. The molecule has 9 rings (SSSR count). The zero-order valence-corrected chi connectivity index (χ0v) is 24.8. The summed E-state index contributed by atoms with van der Waals surface area (Å²) in [5, 5.41) is 11.0. The highest BCUT2D eigenvalue weighted by molar-refractivity contribution is 6.14. The summed E-state index contributed by atoms with van der Waals surface area (Å²) >= 11 is 0. The molecule has 2 N–H and O–H groups in total. The highest BCUT2D eigenvalue weighted by Crippen LogP contribution is 2.39. The lowest BCUT2D eigenvalue weighted by molar-refractivity contribution is 0.409. The largest absolute Gasteiger partial charge is 0.460 e. The van der Waals surface area contributed by atoms with Crippen LogP contribution in [0.2, 0.25) is 0 Å². The lowest BCUT2D eigenvalue weighted by atomic mass is 10.1. The number of aliphatic imine (C=N–C) groups is 1. The fourth-order valence-electron chi connectivity index (χ4n) is 6.95. The molecule has 1 aliphatic heterocycles. The van der Waals surface area contributed by atoms with Gasteiger partial charge in [-0.15, -0.1) is 0 Å². The van der Waals surface area contributed by atoms with Crippen LogP contribution >= 0.6 is 0 Å². The number of amidine groups is 1. The molecule has 218 valence electrons. The van der Waals surface area contributed by atoms with Crippen LogP contribution < -0.4 is 10.6 Å². The van der Waals surface area contributed by atoms with Crippen molar-refractivity contribution in [1.82, 2.24) is 15.2 Å². The van der Waals surface area contributed by atoms with Gasteiger partial charge >= 0.3 is 0 Å². The number of fused-ring (bicyclic) bond motifs is 6. The number of benzene rings is 5. The van der Waals surface area contributed by atoms with Crippen LogP contribution in [0.1, 0.15) is 53.2 Å². The van der Waals surface area contributed by atoms with Crippen molar-refractivity contribution in [2.75, 3.05) is 0 Å². The summed E-state index contributed by atoms with van der Waals surface area (Å²) in [7, 11) is 0. The maximum Gasteiger partial charge on any atom is 0.135 e. The van der Waals surface area contributed by atoms with Crippen molar-refractivity contribution < 1.29 is 4.42 Å². The molecule has 0 saturated heterocycles. The Morgan fingerprint density at radius 3 is 2.29 bits per heavy atom. The van der Waals surface area contributed by atoms with E-state index < -0.39 is 0 Å². The van der Waals surface area contributed by atoms with Gasteiger partial charge in [-0.3, -0.25) is 5.32 Å². The molecular weight excluding hydrogens is 552 g/mol. The Morgan fingerprint density at radius 2 is 1.47 bits per heavy atom. The normalized spacial score (nSPS) is 18.1. The fraction of sp³-hybridized carbons (Fsp3) is 0.125. The van der Waals surface area contributed by atoms with Gasteiger partial charge in [-0.2, -0.15) is 0 Å². The summed E-state index contributed by atoms with van der Waals surface area (Å²) in [6.45, 7) is 0. The Bertz CT molecular complexity index is 2240. The first kappa shape index (κ1) is 26.1. The molecule has 3 heterocycles. The molecule has 2 aliphatic rings. The highest BCUT2D eigenvalue weighted by atomic mass is 16.3. The molecule has 5 aromatic carbocycles. The Balaban J connectivity index is 1.15. The number of furan rings is 1. The van der Waals surface area contributed by atoms with Gasteiger partial charge in [0.25, 0.3) is 0 Å². The summed E-state index contributed by atoms with van der Waals surface area (Å²) in [6, 6.07) is 42.9. The van der Waals surface area contributed by atoms with Crippen molar-refractivity contribution in [3.63, 3.8) is 0 Å². The summed E-state index contributed by atoms with van der Waals surface area (Å²) in [5.74, 6) is 1.98. The number of allylic oxidation sites excluding steroid dienone is 1. The average Bonchev–Trinajstić information content (AvgIpc) is 3.50. The van der Waals surface area contributed by atoms with Crippen LogP contribution in [-0.4, -0.2) is 10.4 Å². The first-order chi connectivity index (χ1) is 22.3.